The molecule has 1 aliphatic rings. The fourth-order valence-electron chi connectivity index (χ4n) is 2.57. The molecule has 1 unspecified atom stereocenters. The van der Waals surface area contributed by atoms with Crippen LogP contribution in [0, 0.1) is 0 Å². The molecule has 3 heterocycles. The molecular formula is C15H21N3O2S. The molecule has 0 aromatic carbocycles. The van der Waals surface area contributed by atoms with Crippen LogP contribution in [-0.2, 0) is 24.2 Å². The van der Waals surface area contributed by atoms with Crippen LogP contribution in [0.15, 0.2) is 21.9 Å². The SMILES string of the molecule is CCc1nnc(CN(Cc2cccs2)CC2CCCO2)o1. The normalized spacial score (nSPS) is 18.7. The van der Waals surface area contributed by atoms with Crippen LogP contribution in [0.4, 0.5) is 0 Å². The Morgan fingerprint density at radius 1 is 1.33 bits per heavy atom. The Morgan fingerprint density at radius 3 is 2.90 bits per heavy atom. The summed E-state index contributed by atoms with van der Waals surface area (Å²) in [5.41, 5.74) is 0. The Bertz CT molecular complexity index is 535. The molecule has 1 aliphatic heterocycles. The summed E-state index contributed by atoms with van der Waals surface area (Å²) < 4.78 is 11.4. The fourth-order valence-corrected chi connectivity index (χ4v) is 3.32. The maximum atomic E-state index is 5.76. The first-order chi connectivity index (χ1) is 10.3. The van der Waals surface area contributed by atoms with Gasteiger partial charge in [0.2, 0.25) is 11.8 Å². The van der Waals surface area contributed by atoms with Gasteiger partial charge in [-0.25, -0.2) is 0 Å². The van der Waals surface area contributed by atoms with Crippen LogP contribution in [0.2, 0.25) is 0 Å². The number of ether oxygens (including phenoxy) is 1. The Balaban J connectivity index is 1.64. The van der Waals surface area contributed by atoms with Crippen LogP contribution in [0.3, 0.4) is 0 Å². The van der Waals surface area contributed by atoms with E-state index in [1.165, 1.54) is 4.88 Å². The predicted molar refractivity (Wildman–Crippen MR) is 81.1 cm³/mol. The van der Waals surface area contributed by atoms with Gasteiger partial charge in [-0.1, -0.05) is 13.0 Å². The molecular weight excluding hydrogens is 286 g/mol. The summed E-state index contributed by atoms with van der Waals surface area (Å²) in [5.74, 6) is 1.40. The average Bonchev–Trinajstić information content (AvgIpc) is 3.20. The minimum atomic E-state index is 0.332. The minimum Gasteiger partial charge on any atom is -0.424 e. The van der Waals surface area contributed by atoms with E-state index < -0.39 is 0 Å². The van der Waals surface area contributed by atoms with E-state index in [9.17, 15) is 0 Å². The van der Waals surface area contributed by atoms with Gasteiger partial charge in [-0.3, -0.25) is 4.90 Å². The van der Waals surface area contributed by atoms with E-state index in [0.717, 1.165) is 39.0 Å². The number of hydrogen-bond acceptors (Lipinski definition) is 6. The first-order valence-corrected chi connectivity index (χ1v) is 8.39. The Morgan fingerprint density at radius 2 is 2.24 bits per heavy atom. The first kappa shape index (κ1) is 14.7. The second-order valence-corrected chi connectivity index (χ2v) is 6.36. The zero-order valence-corrected chi connectivity index (χ0v) is 13.1. The highest BCUT2D eigenvalue weighted by molar-refractivity contribution is 7.09. The van der Waals surface area contributed by atoms with Gasteiger partial charge in [-0.15, -0.1) is 21.5 Å². The van der Waals surface area contributed by atoms with Crippen molar-refractivity contribution in [2.45, 2.75) is 45.4 Å². The van der Waals surface area contributed by atoms with Crippen LogP contribution >= 0.6 is 11.3 Å². The van der Waals surface area contributed by atoms with Crippen molar-refractivity contribution in [3.05, 3.63) is 34.2 Å². The topological polar surface area (TPSA) is 51.4 Å². The highest BCUT2D eigenvalue weighted by Crippen LogP contribution is 2.18. The largest absolute Gasteiger partial charge is 0.424 e. The quantitative estimate of drug-likeness (QED) is 0.787. The summed E-state index contributed by atoms with van der Waals surface area (Å²) >= 11 is 1.78. The second-order valence-electron chi connectivity index (χ2n) is 5.33. The third-order valence-electron chi connectivity index (χ3n) is 3.62. The molecule has 21 heavy (non-hydrogen) atoms. The van der Waals surface area contributed by atoms with Gasteiger partial charge in [0.1, 0.15) is 0 Å². The molecule has 2 aromatic heterocycles. The molecule has 0 aliphatic carbocycles. The molecule has 0 saturated carbocycles. The molecule has 0 N–H and O–H groups in total. The number of rotatable bonds is 7. The summed E-state index contributed by atoms with van der Waals surface area (Å²) in [6.45, 7) is 5.42. The van der Waals surface area contributed by atoms with Crippen molar-refractivity contribution >= 4 is 11.3 Å². The zero-order valence-electron chi connectivity index (χ0n) is 12.3. The summed E-state index contributed by atoms with van der Waals surface area (Å²) in [5, 5.41) is 10.3. The van der Waals surface area contributed by atoms with E-state index >= 15 is 0 Å². The lowest BCUT2D eigenvalue weighted by molar-refractivity contribution is 0.0651. The highest BCUT2D eigenvalue weighted by atomic mass is 32.1. The van der Waals surface area contributed by atoms with Gasteiger partial charge in [0, 0.05) is 31.0 Å². The molecule has 2 aromatic rings. The molecule has 1 fully saturated rings. The minimum absolute atomic E-state index is 0.332. The van der Waals surface area contributed by atoms with Crippen molar-refractivity contribution in [2.24, 2.45) is 0 Å². The van der Waals surface area contributed by atoms with E-state index in [0.29, 0.717) is 24.4 Å². The summed E-state index contributed by atoms with van der Waals surface area (Å²) in [6.07, 6.45) is 3.42. The van der Waals surface area contributed by atoms with Crippen molar-refractivity contribution < 1.29 is 9.15 Å². The van der Waals surface area contributed by atoms with E-state index in [1.54, 1.807) is 11.3 Å². The van der Waals surface area contributed by atoms with Gasteiger partial charge in [0.15, 0.2) is 0 Å². The molecule has 0 bridgehead atoms. The number of aryl methyl sites for hydroxylation is 1. The highest BCUT2D eigenvalue weighted by Gasteiger charge is 2.21. The molecule has 1 atom stereocenters. The Labute approximate surface area is 128 Å². The molecule has 6 heteroatoms. The van der Waals surface area contributed by atoms with Gasteiger partial charge in [0.25, 0.3) is 0 Å². The van der Waals surface area contributed by atoms with Crippen LogP contribution in [0.25, 0.3) is 0 Å². The standard InChI is InChI=1S/C15H21N3O2S/c1-2-14-16-17-15(20-14)11-18(9-12-5-3-7-19-12)10-13-6-4-8-21-13/h4,6,8,12H,2-3,5,7,9-11H2,1H3. The third-order valence-corrected chi connectivity index (χ3v) is 4.48. The van der Waals surface area contributed by atoms with Gasteiger partial charge in [0.05, 0.1) is 12.6 Å². The monoisotopic (exact) mass is 307 g/mol. The Hall–Kier alpha value is -1.24. The maximum Gasteiger partial charge on any atom is 0.230 e. The molecule has 0 spiro atoms. The number of thiophene rings is 1. The van der Waals surface area contributed by atoms with Crippen LogP contribution in [0.1, 0.15) is 36.4 Å². The maximum absolute atomic E-state index is 5.76. The molecule has 0 radical (unpaired) electrons. The summed E-state index contributed by atoms with van der Waals surface area (Å²) in [4.78, 5) is 3.69. The van der Waals surface area contributed by atoms with Crippen LogP contribution in [-0.4, -0.2) is 34.4 Å². The van der Waals surface area contributed by atoms with Crippen LogP contribution in [0.5, 0.6) is 0 Å². The van der Waals surface area contributed by atoms with E-state index in [2.05, 4.69) is 32.6 Å². The zero-order chi connectivity index (χ0) is 14.5. The predicted octanol–water partition coefficient (Wildman–Crippen LogP) is 2.87. The third kappa shape index (κ3) is 4.12. The van der Waals surface area contributed by atoms with Gasteiger partial charge < -0.3 is 9.15 Å². The molecule has 1 saturated heterocycles. The van der Waals surface area contributed by atoms with E-state index in [-0.39, 0.29) is 0 Å². The molecule has 3 rings (SSSR count). The van der Waals surface area contributed by atoms with Crippen LogP contribution < -0.4 is 0 Å². The molecule has 5 nitrogen and oxygen atoms in total. The number of hydrogen-bond donors (Lipinski definition) is 0. The summed E-state index contributed by atoms with van der Waals surface area (Å²) in [6, 6.07) is 4.25. The van der Waals surface area contributed by atoms with Crippen molar-refractivity contribution in [1.82, 2.24) is 15.1 Å². The lowest BCUT2D eigenvalue weighted by Crippen LogP contribution is -2.31. The van der Waals surface area contributed by atoms with Gasteiger partial charge >= 0.3 is 0 Å². The molecule has 0 amide bonds. The van der Waals surface area contributed by atoms with E-state index in [1.807, 2.05) is 6.92 Å². The van der Waals surface area contributed by atoms with Crippen molar-refractivity contribution in [3.8, 4) is 0 Å². The number of nitrogens with zero attached hydrogens (tertiary/aromatic N) is 3. The van der Waals surface area contributed by atoms with Gasteiger partial charge in [-0.05, 0) is 24.3 Å². The number of aromatic nitrogens is 2. The average molecular weight is 307 g/mol. The van der Waals surface area contributed by atoms with Crippen molar-refractivity contribution in [3.63, 3.8) is 0 Å². The van der Waals surface area contributed by atoms with Gasteiger partial charge in [-0.2, -0.15) is 0 Å². The smallest absolute Gasteiger partial charge is 0.230 e. The first-order valence-electron chi connectivity index (χ1n) is 7.51. The lowest BCUT2D eigenvalue weighted by atomic mass is 10.2. The summed E-state index contributed by atoms with van der Waals surface area (Å²) in [7, 11) is 0. The fraction of sp³-hybridized carbons (Fsp3) is 0.600. The van der Waals surface area contributed by atoms with E-state index in [4.69, 9.17) is 9.15 Å². The lowest BCUT2D eigenvalue weighted by Gasteiger charge is -2.23. The van der Waals surface area contributed by atoms with Crippen molar-refractivity contribution in [2.75, 3.05) is 13.2 Å². The second kappa shape index (κ2) is 7.15. The Kier molecular flexibility index (Phi) is 5.00. The van der Waals surface area contributed by atoms with Crippen molar-refractivity contribution in [1.29, 1.82) is 0 Å². The molecule has 114 valence electrons.